The minimum Gasteiger partial charge on any atom is -0.477 e. The molecule has 2 aliphatic rings. The molecule has 1 atom stereocenters. The quantitative estimate of drug-likeness (QED) is 0.541. The van der Waals surface area contributed by atoms with Crippen LogP contribution in [0.4, 0.5) is 24.5 Å². The molecule has 0 aliphatic carbocycles. The van der Waals surface area contributed by atoms with Gasteiger partial charge in [0.15, 0.2) is 17.9 Å². The number of rotatable bonds is 8. The van der Waals surface area contributed by atoms with Gasteiger partial charge in [0.2, 0.25) is 0 Å². The number of hydrogen-bond donors (Lipinski definition) is 2. The van der Waals surface area contributed by atoms with Crippen LogP contribution in [0.15, 0.2) is 52.3 Å². The van der Waals surface area contributed by atoms with Gasteiger partial charge in [-0.15, -0.1) is 0 Å². The van der Waals surface area contributed by atoms with Gasteiger partial charge in [-0.25, -0.2) is 9.28 Å². The molecule has 4 rings (SSSR count). The zero-order chi connectivity index (χ0) is 24.3. The van der Waals surface area contributed by atoms with E-state index in [0.717, 1.165) is 55.4 Å². The monoisotopic (exact) mass is 496 g/mol. The van der Waals surface area contributed by atoms with Crippen molar-refractivity contribution < 1.29 is 28.2 Å². The third-order valence-corrected chi connectivity index (χ3v) is 7.72. The second-order valence-corrected chi connectivity index (χ2v) is 9.84. The van der Waals surface area contributed by atoms with Crippen molar-refractivity contribution in [2.45, 2.75) is 22.4 Å². The molecule has 10 heteroatoms. The molecule has 0 bridgehead atoms. The number of aliphatic hydroxyl groups is 1. The number of hydrogen-bond acceptors (Lipinski definition) is 5. The maximum absolute atomic E-state index is 13.6. The highest BCUT2D eigenvalue weighted by atomic mass is 32.2. The molecular weight excluding hydrogens is 467 g/mol. The number of halogens is 3. The summed E-state index contributed by atoms with van der Waals surface area (Å²) in [6.45, 7) is 4.98. The lowest BCUT2D eigenvalue weighted by molar-refractivity contribution is -0.137. The molecular formula is C24H29F3N3O3S+. The van der Waals surface area contributed by atoms with Crippen LogP contribution in [0.25, 0.3) is 0 Å². The molecule has 2 heterocycles. The largest absolute Gasteiger partial charge is 0.477 e. The van der Waals surface area contributed by atoms with Crippen LogP contribution >= 0.6 is 11.8 Å². The smallest absolute Gasteiger partial charge is 0.416 e. The van der Waals surface area contributed by atoms with Crippen LogP contribution in [-0.2, 0) is 11.0 Å². The van der Waals surface area contributed by atoms with E-state index in [0.29, 0.717) is 30.1 Å². The van der Waals surface area contributed by atoms with Gasteiger partial charge in [0.1, 0.15) is 0 Å². The first kappa shape index (κ1) is 25.0. The number of carbonyl (C=O) groups is 1. The summed E-state index contributed by atoms with van der Waals surface area (Å²) in [5.74, 6) is -1.05. The van der Waals surface area contributed by atoms with Crippen molar-refractivity contribution in [3.05, 3.63) is 48.0 Å². The lowest BCUT2D eigenvalue weighted by atomic mass is 10.1. The SMILES string of the molecule is O=C(O)C[N+]1(CCCN2CCN(CCO)CC2)c2ccccc2Sc2ccc(C(F)(F)F)cc21. The van der Waals surface area contributed by atoms with Gasteiger partial charge < -0.3 is 15.1 Å². The highest BCUT2D eigenvalue weighted by Crippen LogP contribution is 2.53. The van der Waals surface area contributed by atoms with E-state index < -0.39 is 17.7 Å². The van der Waals surface area contributed by atoms with E-state index in [2.05, 4.69) is 9.80 Å². The molecule has 1 saturated heterocycles. The van der Waals surface area contributed by atoms with Crippen LogP contribution in [0.2, 0.25) is 0 Å². The normalized spacial score (nSPS) is 21.2. The Bertz CT molecular complexity index is 1030. The predicted molar refractivity (Wildman–Crippen MR) is 125 cm³/mol. The number of aliphatic hydroxyl groups excluding tert-OH is 1. The van der Waals surface area contributed by atoms with Crippen molar-refractivity contribution in [2.75, 3.05) is 59.0 Å². The van der Waals surface area contributed by atoms with Gasteiger partial charge in [0.25, 0.3) is 0 Å². The Labute approximate surface area is 201 Å². The topological polar surface area (TPSA) is 64.0 Å². The van der Waals surface area contributed by atoms with E-state index in [9.17, 15) is 23.1 Å². The maximum atomic E-state index is 13.6. The molecule has 34 heavy (non-hydrogen) atoms. The van der Waals surface area contributed by atoms with Gasteiger partial charge >= 0.3 is 12.1 Å². The van der Waals surface area contributed by atoms with E-state index >= 15 is 0 Å². The summed E-state index contributed by atoms with van der Waals surface area (Å²) in [4.78, 5) is 18.1. The number of piperazine rings is 1. The molecule has 1 unspecified atom stereocenters. The van der Waals surface area contributed by atoms with Crippen molar-refractivity contribution in [3.8, 4) is 0 Å². The second kappa shape index (κ2) is 10.2. The van der Waals surface area contributed by atoms with Crippen molar-refractivity contribution >= 4 is 29.1 Å². The van der Waals surface area contributed by atoms with Gasteiger partial charge in [-0.2, -0.15) is 13.2 Å². The Hall–Kier alpha value is -2.11. The first-order valence-electron chi connectivity index (χ1n) is 11.4. The van der Waals surface area contributed by atoms with Crippen LogP contribution in [0, 0.1) is 0 Å². The number of carboxylic acids is 1. The summed E-state index contributed by atoms with van der Waals surface area (Å²) in [6.07, 6.45) is -3.87. The average Bonchev–Trinajstić information content (AvgIpc) is 2.79. The molecule has 0 amide bonds. The van der Waals surface area contributed by atoms with Crippen LogP contribution in [0.3, 0.4) is 0 Å². The van der Waals surface area contributed by atoms with Crippen molar-refractivity contribution in [3.63, 3.8) is 0 Å². The summed E-state index contributed by atoms with van der Waals surface area (Å²) < 4.78 is 40.6. The van der Waals surface area contributed by atoms with E-state index in [1.54, 1.807) is 0 Å². The zero-order valence-electron chi connectivity index (χ0n) is 18.8. The summed E-state index contributed by atoms with van der Waals surface area (Å²) >= 11 is 1.39. The predicted octanol–water partition coefficient (Wildman–Crippen LogP) is 3.89. The first-order chi connectivity index (χ1) is 16.2. The molecule has 0 aromatic heterocycles. The van der Waals surface area contributed by atoms with Gasteiger partial charge in [0.05, 0.1) is 28.5 Å². The number of benzene rings is 2. The van der Waals surface area contributed by atoms with Crippen molar-refractivity contribution in [1.82, 2.24) is 14.3 Å². The summed E-state index contributed by atoms with van der Waals surface area (Å²) in [5, 5.41) is 19.0. The number of β-amino-alcohol motifs (C(OH)–C–C–N with tert-alkyl or cyclic N) is 1. The number of quaternary nitrogens is 1. The number of aliphatic carboxylic acids is 1. The fraction of sp³-hybridized carbons (Fsp3) is 0.458. The molecule has 6 nitrogen and oxygen atoms in total. The molecule has 0 spiro atoms. The Morgan fingerprint density at radius 1 is 0.971 bits per heavy atom. The molecule has 2 N–H and O–H groups in total. The summed E-state index contributed by atoms with van der Waals surface area (Å²) in [5.41, 5.74) is 0.363. The Morgan fingerprint density at radius 2 is 1.62 bits per heavy atom. The minimum atomic E-state index is -4.51. The minimum absolute atomic E-state index is 0.131. The second-order valence-electron chi connectivity index (χ2n) is 8.75. The molecule has 0 radical (unpaired) electrons. The summed E-state index contributed by atoms with van der Waals surface area (Å²) in [6, 6.07) is 11.1. The van der Waals surface area contributed by atoms with E-state index in [4.69, 9.17) is 5.11 Å². The lowest BCUT2D eigenvalue weighted by Gasteiger charge is -2.42. The van der Waals surface area contributed by atoms with Crippen molar-refractivity contribution in [1.29, 1.82) is 0 Å². The maximum Gasteiger partial charge on any atom is 0.416 e. The highest BCUT2D eigenvalue weighted by molar-refractivity contribution is 7.99. The number of para-hydroxylation sites is 1. The van der Waals surface area contributed by atoms with Gasteiger partial charge in [-0.3, -0.25) is 4.90 Å². The molecule has 2 aliphatic heterocycles. The van der Waals surface area contributed by atoms with Crippen LogP contribution in [0.1, 0.15) is 12.0 Å². The van der Waals surface area contributed by atoms with E-state index in [1.165, 1.54) is 17.8 Å². The number of fused-ring (bicyclic) bond motifs is 2. The number of alkyl halides is 3. The third kappa shape index (κ3) is 5.26. The Kier molecular flexibility index (Phi) is 7.54. The fourth-order valence-corrected chi connectivity index (χ4v) is 6.13. The lowest BCUT2D eigenvalue weighted by Crippen LogP contribution is -2.52. The third-order valence-electron chi connectivity index (χ3n) is 6.59. The van der Waals surface area contributed by atoms with Gasteiger partial charge in [-0.1, -0.05) is 23.9 Å². The zero-order valence-corrected chi connectivity index (χ0v) is 19.6. The van der Waals surface area contributed by atoms with Crippen LogP contribution in [0.5, 0.6) is 0 Å². The highest BCUT2D eigenvalue weighted by Gasteiger charge is 2.44. The molecule has 2 aromatic rings. The van der Waals surface area contributed by atoms with Crippen LogP contribution in [-0.4, -0.2) is 84.9 Å². The van der Waals surface area contributed by atoms with E-state index in [1.807, 2.05) is 24.3 Å². The fourth-order valence-electron chi connectivity index (χ4n) is 4.92. The van der Waals surface area contributed by atoms with E-state index in [-0.39, 0.29) is 17.6 Å². The average molecular weight is 497 g/mol. The number of nitrogens with zero attached hydrogens (tertiary/aromatic N) is 3. The molecule has 0 saturated carbocycles. The first-order valence-corrected chi connectivity index (χ1v) is 12.2. The van der Waals surface area contributed by atoms with Crippen LogP contribution < -0.4 is 4.48 Å². The standard InChI is InChI=1S/C24H28F3N3O3S/c25-24(26,27)18-6-7-22-20(16-18)30(17-23(32)33,19-4-1-2-5-21(19)34-22)14-3-8-28-9-11-29(12-10-28)13-15-31/h1-2,4-7,16,31H,3,8-15,17H2/p+1. The molecule has 184 valence electrons. The van der Waals surface area contributed by atoms with Gasteiger partial charge in [0, 0.05) is 57.8 Å². The molecule has 2 aromatic carbocycles. The Balaban J connectivity index is 1.64. The molecule has 1 fully saturated rings. The Morgan fingerprint density at radius 3 is 2.26 bits per heavy atom. The van der Waals surface area contributed by atoms with Gasteiger partial charge in [-0.05, 0) is 18.2 Å². The number of carboxylic acid groups (broad SMARTS) is 1. The summed E-state index contributed by atoms with van der Waals surface area (Å²) in [7, 11) is 0. The van der Waals surface area contributed by atoms with Crippen molar-refractivity contribution in [2.24, 2.45) is 0 Å².